The van der Waals surface area contributed by atoms with Gasteiger partial charge in [-0.3, -0.25) is 4.99 Å². The lowest BCUT2D eigenvalue weighted by Gasteiger charge is -2.20. The van der Waals surface area contributed by atoms with Crippen molar-refractivity contribution in [2.45, 2.75) is 25.8 Å². The van der Waals surface area contributed by atoms with Gasteiger partial charge in [-0.1, -0.05) is 54.6 Å². The molecule has 2 aromatic carbocycles. The summed E-state index contributed by atoms with van der Waals surface area (Å²) in [6.07, 6.45) is 2.12. The zero-order valence-corrected chi connectivity index (χ0v) is 13.0. The van der Waals surface area contributed by atoms with E-state index in [0.717, 1.165) is 31.9 Å². The number of guanidine groups is 1. The number of nitrogens with one attached hydrogen (secondary N) is 2. The molecule has 0 fully saturated rings. The van der Waals surface area contributed by atoms with Gasteiger partial charge >= 0.3 is 0 Å². The second-order valence-electron chi connectivity index (χ2n) is 5.82. The predicted octanol–water partition coefficient (Wildman–Crippen LogP) is 3.22. The van der Waals surface area contributed by atoms with Crippen LogP contribution in [0.5, 0.6) is 0 Å². The van der Waals surface area contributed by atoms with E-state index in [9.17, 15) is 0 Å². The van der Waals surface area contributed by atoms with Crippen molar-refractivity contribution in [1.82, 2.24) is 10.6 Å². The number of hydrogen-bond acceptors (Lipinski definition) is 3. The van der Waals surface area contributed by atoms with Crippen molar-refractivity contribution in [1.29, 1.82) is 0 Å². The summed E-state index contributed by atoms with van der Waals surface area (Å²) in [6.45, 7) is 4.14. The van der Waals surface area contributed by atoms with Crippen molar-refractivity contribution in [3.8, 4) is 11.1 Å². The molecular weight excluding hydrogens is 270 g/mol. The van der Waals surface area contributed by atoms with Gasteiger partial charge in [-0.2, -0.15) is 0 Å². The number of rotatable bonds is 4. The van der Waals surface area contributed by atoms with Crippen molar-refractivity contribution in [2.75, 3.05) is 13.1 Å². The molecular formula is C19H23N3. The summed E-state index contributed by atoms with van der Waals surface area (Å²) < 4.78 is 0. The van der Waals surface area contributed by atoms with Crippen LogP contribution < -0.4 is 10.6 Å². The Morgan fingerprint density at radius 2 is 1.77 bits per heavy atom. The maximum absolute atomic E-state index is 4.46. The first-order chi connectivity index (χ1) is 10.8. The van der Waals surface area contributed by atoms with E-state index in [0.29, 0.717) is 6.04 Å². The molecule has 0 saturated carbocycles. The molecule has 2 aromatic rings. The van der Waals surface area contributed by atoms with Gasteiger partial charge in [0, 0.05) is 19.1 Å². The average molecular weight is 293 g/mol. The van der Waals surface area contributed by atoms with E-state index in [4.69, 9.17) is 0 Å². The summed E-state index contributed by atoms with van der Waals surface area (Å²) in [5, 5.41) is 6.76. The van der Waals surface area contributed by atoms with Crippen LogP contribution in [-0.4, -0.2) is 25.1 Å². The summed E-state index contributed by atoms with van der Waals surface area (Å²) >= 11 is 0. The van der Waals surface area contributed by atoms with Gasteiger partial charge in [-0.05, 0) is 36.5 Å². The second-order valence-corrected chi connectivity index (χ2v) is 5.82. The van der Waals surface area contributed by atoms with Crippen LogP contribution in [0.1, 0.15) is 18.9 Å². The van der Waals surface area contributed by atoms with E-state index in [1.807, 2.05) is 6.07 Å². The first kappa shape index (κ1) is 14.6. The SMILES string of the molecule is CC(Cc1ccc(-c2ccccc2)cc1)NC1=NCCCN1. The zero-order chi connectivity index (χ0) is 15.2. The van der Waals surface area contributed by atoms with E-state index in [1.165, 1.54) is 16.7 Å². The van der Waals surface area contributed by atoms with Gasteiger partial charge in [0.2, 0.25) is 0 Å². The first-order valence-corrected chi connectivity index (χ1v) is 8.00. The van der Waals surface area contributed by atoms with Crippen LogP contribution in [0.3, 0.4) is 0 Å². The van der Waals surface area contributed by atoms with Crippen molar-refractivity contribution >= 4 is 5.96 Å². The topological polar surface area (TPSA) is 36.4 Å². The molecule has 1 aliphatic rings. The Labute approximate surface area is 132 Å². The van der Waals surface area contributed by atoms with Crippen LogP contribution in [0, 0.1) is 0 Å². The van der Waals surface area contributed by atoms with Gasteiger partial charge in [0.15, 0.2) is 5.96 Å². The van der Waals surface area contributed by atoms with E-state index >= 15 is 0 Å². The van der Waals surface area contributed by atoms with E-state index in [1.54, 1.807) is 0 Å². The zero-order valence-electron chi connectivity index (χ0n) is 13.0. The van der Waals surface area contributed by atoms with Crippen LogP contribution in [0.25, 0.3) is 11.1 Å². The summed E-state index contributed by atoms with van der Waals surface area (Å²) in [5.74, 6) is 0.944. The van der Waals surface area contributed by atoms with Gasteiger partial charge < -0.3 is 10.6 Å². The van der Waals surface area contributed by atoms with E-state index in [-0.39, 0.29) is 0 Å². The lowest BCUT2D eigenvalue weighted by molar-refractivity contribution is 0.619. The molecule has 1 heterocycles. The van der Waals surface area contributed by atoms with Crippen LogP contribution >= 0.6 is 0 Å². The molecule has 3 rings (SSSR count). The summed E-state index contributed by atoms with van der Waals surface area (Å²) in [6, 6.07) is 19.7. The minimum atomic E-state index is 0.368. The molecule has 0 aromatic heterocycles. The average Bonchev–Trinajstić information content (AvgIpc) is 2.57. The summed E-state index contributed by atoms with van der Waals surface area (Å²) in [4.78, 5) is 4.46. The van der Waals surface area contributed by atoms with E-state index < -0.39 is 0 Å². The van der Waals surface area contributed by atoms with Gasteiger partial charge in [0.25, 0.3) is 0 Å². The van der Waals surface area contributed by atoms with Gasteiger partial charge in [-0.15, -0.1) is 0 Å². The lowest BCUT2D eigenvalue weighted by atomic mass is 10.0. The van der Waals surface area contributed by atoms with Crippen LogP contribution in [0.2, 0.25) is 0 Å². The number of nitrogens with zero attached hydrogens (tertiary/aromatic N) is 1. The molecule has 0 amide bonds. The van der Waals surface area contributed by atoms with Gasteiger partial charge in [0.05, 0.1) is 0 Å². The highest BCUT2D eigenvalue weighted by molar-refractivity contribution is 5.80. The molecule has 1 unspecified atom stereocenters. The second kappa shape index (κ2) is 7.12. The molecule has 1 aliphatic heterocycles. The molecule has 3 heteroatoms. The first-order valence-electron chi connectivity index (χ1n) is 8.00. The Morgan fingerprint density at radius 3 is 2.45 bits per heavy atom. The quantitative estimate of drug-likeness (QED) is 0.908. The van der Waals surface area contributed by atoms with Crippen LogP contribution in [0.15, 0.2) is 59.6 Å². The minimum absolute atomic E-state index is 0.368. The Bertz CT molecular complexity index is 617. The molecule has 22 heavy (non-hydrogen) atoms. The third-order valence-corrected chi connectivity index (χ3v) is 3.88. The fraction of sp³-hybridized carbons (Fsp3) is 0.316. The molecule has 0 aliphatic carbocycles. The standard InChI is InChI=1S/C19H23N3/c1-15(22-19-20-12-5-13-21-19)14-16-8-10-18(11-9-16)17-6-3-2-4-7-17/h2-4,6-11,15H,5,12-14H2,1H3,(H2,20,21,22). The Kier molecular flexibility index (Phi) is 4.74. The smallest absolute Gasteiger partial charge is 0.191 e. The van der Waals surface area contributed by atoms with Crippen molar-refractivity contribution in [3.63, 3.8) is 0 Å². The Balaban J connectivity index is 1.60. The number of hydrogen-bond donors (Lipinski definition) is 2. The lowest BCUT2D eigenvalue weighted by Crippen LogP contribution is -2.45. The largest absolute Gasteiger partial charge is 0.356 e. The Hall–Kier alpha value is -2.29. The minimum Gasteiger partial charge on any atom is -0.356 e. The molecule has 0 radical (unpaired) electrons. The fourth-order valence-corrected chi connectivity index (χ4v) is 2.73. The molecule has 0 saturated heterocycles. The highest BCUT2D eigenvalue weighted by Crippen LogP contribution is 2.19. The van der Waals surface area contributed by atoms with Gasteiger partial charge in [0.1, 0.15) is 0 Å². The third-order valence-electron chi connectivity index (χ3n) is 3.88. The molecule has 0 spiro atoms. The predicted molar refractivity (Wildman–Crippen MR) is 93.1 cm³/mol. The van der Waals surface area contributed by atoms with E-state index in [2.05, 4.69) is 71.1 Å². The highest BCUT2D eigenvalue weighted by Gasteiger charge is 2.08. The van der Waals surface area contributed by atoms with Crippen molar-refractivity contribution < 1.29 is 0 Å². The summed E-state index contributed by atoms with van der Waals surface area (Å²) in [5.41, 5.74) is 3.88. The normalized spacial score (nSPS) is 15.6. The van der Waals surface area contributed by atoms with Crippen LogP contribution in [-0.2, 0) is 6.42 Å². The molecule has 114 valence electrons. The molecule has 2 N–H and O–H groups in total. The van der Waals surface area contributed by atoms with Crippen molar-refractivity contribution in [3.05, 3.63) is 60.2 Å². The third kappa shape index (κ3) is 3.88. The highest BCUT2D eigenvalue weighted by atomic mass is 15.2. The molecule has 0 bridgehead atoms. The number of benzene rings is 2. The van der Waals surface area contributed by atoms with Gasteiger partial charge in [-0.25, -0.2) is 0 Å². The maximum Gasteiger partial charge on any atom is 0.191 e. The number of aliphatic imine (C=N–C) groups is 1. The molecule has 1 atom stereocenters. The van der Waals surface area contributed by atoms with Crippen LogP contribution in [0.4, 0.5) is 0 Å². The summed E-state index contributed by atoms with van der Waals surface area (Å²) in [7, 11) is 0. The fourth-order valence-electron chi connectivity index (χ4n) is 2.73. The molecule has 3 nitrogen and oxygen atoms in total. The maximum atomic E-state index is 4.46. The Morgan fingerprint density at radius 1 is 1.05 bits per heavy atom. The van der Waals surface area contributed by atoms with Crippen molar-refractivity contribution in [2.24, 2.45) is 4.99 Å². The monoisotopic (exact) mass is 293 g/mol.